The minimum atomic E-state index is -3.60. The van der Waals surface area contributed by atoms with Crippen molar-refractivity contribution in [2.45, 2.75) is 76.5 Å². The second kappa shape index (κ2) is 17.0. The van der Waals surface area contributed by atoms with E-state index in [0.717, 1.165) is 42.4 Å². The van der Waals surface area contributed by atoms with Gasteiger partial charge >= 0.3 is 0 Å². The number of anilines is 1. The fourth-order valence-electron chi connectivity index (χ4n) is 7.96. The number of fused-ring (bicyclic) bond motifs is 2. The van der Waals surface area contributed by atoms with Crippen molar-refractivity contribution < 1.29 is 40.4 Å². The largest absolute Gasteiger partial charge is 0.593 e. The first-order valence-corrected chi connectivity index (χ1v) is 20.8. The first-order chi connectivity index (χ1) is 28.5. The molecule has 0 saturated heterocycles. The summed E-state index contributed by atoms with van der Waals surface area (Å²) in [5.74, 6) is -8.15. The van der Waals surface area contributed by atoms with Crippen LogP contribution in [0.15, 0.2) is 53.3 Å². The van der Waals surface area contributed by atoms with E-state index >= 15 is 8.78 Å². The lowest BCUT2D eigenvalue weighted by Crippen LogP contribution is -2.38. The Balaban J connectivity index is 1.43. The monoisotopic (exact) mass is 876 g/mol. The number of ether oxygens (including phenoxy) is 1. The highest BCUT2D eigenvalue weighted by molar-refractivity contribution is 7.89. The van der Waals surface area contributed by atoms with Gasteiger partial charge in [0.25, 0.3) is 17.9 Å². The summed E-state index contributed by atoms with van der Waals surface area (Å²) < 4.78 is 111. The van der Waals surface area contributed by atoms with Crippen molar-refractivity contribution in [3.05, 3.63) is 109 Å². The van der Waals surface area contributed by atoms with Gasteiger partial charge in [0, 0.05) is 37.1 Å². The molecule has 1 amide bonds. The molecule has 2 aromatic heterocycles. The van der Waals surface area contributed by atoms with E-state index in [9.17, 15) is 31.7 Å². The number of halogens is 7. The van der Waals surface area contributed by atoms with Gasteiger partial charge in [-0.15, -0.1) is 0 Å². The predicted molar refractivity (Wildman–Crippen MR) is 214 cm³/mol. The van der Waals surface area contributed by atoms with Crippen LogP contribution in [0.25, 0.3) is 16.6 Å². The smallest absolute Gasteiger partial charge is 0.292 e. The maximum absolute atomic E-state index is 15.4. The maximum Gasteiger partial charge on any atom is 0.292 e. The summed E-state index contributed by atoms with van der Waals surface area (Å²) in [5.41, 5.74) is -2.59. The van der Waals surface area contributed by atoms with Gasteiger partial charge in [-0.05, 0) is 74.1 Å². The van der Waals surface area contributed by atoms with Crippen LogP contribution in [-0.2, 0) is 41.5 Å². The molecular formula is C40H39ClF6N8O4S. The SMILES string of the molecule is CNc1c(-n2c(C(Cc3cc(F)cc(F)c3)NC(=O)Cn3nc(C(F)F)c4c3C(F)(F)C(C)C4)nc3cc(OC4CCCC4)ccc3c2=O)ccc(Cl)c1C(=N)N[S+](C)[O-]. The molecule has 1 fully saturated rings. The summed E-state index contributed by atoms with van der Waals surface area (Å²) >= 11 is 4.85. The Bertz CT molecular complexity index is 2530. The number of carbonyl (C=O) groups is 1. The van der Waals surface area contributed by atoms with Gasteiger partial charge in [-0.2, -0.15) is 18.6 Å². The zero-order valence-corrected chi connectivity index (χ0v) is 33.9. The Morgan fingerprint density at radius 3 is 2.47 bits per heavy atom. The van der Waals surface area contributed by atoms with Crippen LogP contribution in [-0.4, -0.2) is 55.0 Å². The number of hydrogen-bond acceptors (Lipinski definition) is 8. The lowest BCUT2D eigenvalue weighted by molar-refractivity contribution is -0.123. The summed E-state index contributed by atoms with van der Waals surface area (Å²) in [5, 5.41) is 18.1. The van der Waals surface area contributed by atoms with Gasteiger partial charge in [-0.1, -0.05) is 18.5 Å². The number of amidine groups is 1. The van der Waals surface area contributed by atoms with Crippen LogP contribution in [0.3, 0.4) is 0 Å². The van der Waals surface area contributed by atoms with Crippen molar-refractivity contribution in [2.75, 3.05) is 18.6 Å². The molecule has 0 spiro atoms. The van der Waals surface area contributed by atoms with Crippen LogP contribution in [0.2, 0.25) is 5.02 Å². The molecule has 3 aromatic carbocycles. The van der Waals surface area contributed by atoms with Crippen molar-refractivity contribution in [2.24, 2.45) is 5.92 Å². The van der Waals surface area contributed by atoms with Crippen molar-refractivity contribution in [3.63, 3.8) is 0 Å². The van der Waals surface area contributed by atoms with E-state index in [2.05, 4.69) is 20.5 Å². The van der Waals surface area contributed by atoms with Crippen molar-refractivity contribution in [1.82, 2.24) is 29.4 Å². The third-order valence-corrected chi connectivity index (χ3v) is 11.4. The van der Waals surface area contributed by atoms with E-state index in [1.54, 1.807) is 6.07 Å². The van der Waals surface area contributed by atoms with Crippen LogP contribution in [0.1, 0.15) is 79.0 Å². The van der Waals surface area contributed by atoms with Gasteiger partial charge in [0.05, 0.1) is 56.4 Å². The van der Waals surface area contributed by atoms with Crippen LogP contribution < -0.4 is 25.7 Å². The van der Waals surface area contributed by atoms with E-state index in [1.807, 2.05) is 0 Å². The highest BCUT2D eigenvalue weighted by Crippen LogP contribution is 2.48. The average molecular weight is 877 g/mol. The molecule has 0 radical (unpaired) electrons. The highest BCUT2D eigenvalue weighted by Gasteiger charge is 2.51. The summed E-state index contributed by atoms with van der Waals surface area (Å²) in [4.78, 5) is 33.8. The Morgan fingerprint density at radius 2 is 1.82 bits per heavy atom. The fourth-order valence-corrected chi connectivity index (χ4v) is 8.60. The Hall–Kier alpha value is -5.27. The van der Waals surface area contributed by atoms with Crippen LogP contribution in [0.5, 0.6) is 5.75 Å². The zero-order chi connectivity index (χ0) is 43.2. The third-order valence-electron chi connectivity index (χ3n) is 10.6. The molecule has 2 heterocycles. The van der Waals surface area contributed by atoms with Gasteiger partial charge in [0.1, 0.15) is 47.4 Å². The molecule has 3 atom stereocenters. The lowest BCUT2D eigenvalue weighted by atomic mass is 10.0. The standard InChI is InChI=1S/C40H39ClF6N8O4S/c1-19-12-26-33(36(44)45)52-54(35(26)40(19,46)47)18-31(56)50-29(15-20-13-21(42)16-22(43)14-20)38-51-28-17-24(59-23-6-4-5-7-23)8-9-25(28)39(57)55(38)30-11-10-27(41)32(34(30)49-2)37(48)53-60(3)58/h8-11,13-14,16-17,19,23,29,36,49H,4-7,12,15,18H2,1-3H3,(H2,48,53)(H,50,56). The van der Waals surface area contributed by atoms with E-state index in [0.29, 0.717) is 16.5 Å². The van der Waals surface area contributed by atoms with Crippen molar-refractivity contribution in [1.29, 1.82) is 5.41 Å². The van der Waals surface area contributed by atoms with E-state index in [1.165, 1.54) is 44.5 Å². The third kappa shape index (κ3) is 8.38. The second-order valence-corrected chi connectivity index (χ2v) is 16.3. The molecule has 0 bridgehead atoms. The molecule has 20 heteroatoms. The Morgan fingerprint density at radius 1 is 1.12 bits per heavy atom. The molecule has 318 valence electrons. The fraction of sp³-hybridized carbons (Fsp3) is 0.375. The minimum absolute atomic E-state index is 0.00422. The predicted octanol–water partition coefficient (Wildman–Crippen LogP) is 7.41. The highest BCUT2D eigenvalue weighted by atomic mass is 35.5. The van der Waals surface area contributed by atoms with Crippen molar-refractivity contribution in [3.8, 4) is 11.4 Å². The van der Waals surface area contributed by atoms with Gasteiger partial charge in [-0.3, -0.25) is 24.2 Å². The normalized spacial score (nSPS) is 17.2. The van der Waals surface area contributed by atoms with Gasteiger partial charge in [-0.25, -0.2) is 22.5 Å². The molecule has 2 aliphatic carbocycles. The first-order valence-electron chi connectivity index (χ1n) is 18.9. The lowest BCUT2D eigenvalue weighted by Gasteiger charge is -2.26. The molecule has 2 aliphatic rings. The van der Waals surface area contributed by atoms with Gasteiger partial charge < -0.3 is 19.9 Å². The number of hydrogen-bond donors (Lipinski definition) is 4. The average Bonchev–Trinajstić information content (AvgIpc) is 3.87. The number of benzene rings is 3. The second-order valence-electron chi connectivity index (χ2n) is 14.8. The van der Waals surface area contributed by atoms with E-state index < -0.39 is 89.5 Å². The van der Waals surface area contributed by atoms with Crippen LogP contribution >= 0.6 is 11.6 Å². The minimum Gasteiger partial charge on any atom is -0.593 e. The van der Waals surface area contributed by atoms with E-state index in [-0.39, 0.29) is 61.8 Å². The van der Waals surface area contributed by atoms with Gasteiger partial charge in [0.2, 0.25) is 5.91 Å². The number of aromatic nitrogens is 4. The number of amides is 1. The molecule has 4 N–H and O–H groups in total. The molecule has 1 saturated carbocycles. The number of nitrogens with one attached hydrogen (secondary N) is 4. The molecular weight excluding hydrogens is 838 g/mol. The number of alkyl halides is 4. The Labute approximate surface area is 347 Å². The molecule has 12 nitrogen and oxygen atoms in total. The number of rotatable bonds is 13. The topological polar surface area (TPSA) is 162 Å². The van der Waals surface area contributed by atoms with Crippen LogP contribution in [0, 0.1) is 23.0 Å². The summed E-state index contributed by atoms with van der Waals surface area (Å²) in [6.07, 6.45) is 0.774. The number of carbonyl (C=O) groups excluding carboxylic acids is 1. The summed E-state index contributed by atoms with van der Waals surface area (Å²) in [6.45, 7) is 0.218. The number of nitrogens with zero attached hydrogens (tertiary/aromatic N) is 4. The molecule has 0 aliphatic heterocycles. The zero-order valence-electron chi connectivity index (χ0n) is 32.4. The van der Waals surface area contributed by atoms with Crippen LogP contribution in [0.4, 0.5) is 32.0 Å². The molecule has 5 aromatic rings. The quantitative estimate of drug-likeness (QED) is 0.0412. The molecule has 3 unspecified atom stereocenters. The summed E-state index contributed by atoms with van der Waals surface area (Å²) in [7, 11) is 1.47. The molecule has 7 rings (SSSR count). The van der Waals surface area contributed by atoms with Gasteiger partial charge in [0.15, 0.2) is 5.84 Å². The first kappa shape index (κ1) is 42.8. The van der Waals surface area contributed by atoms with E-state index in [4.69, 9.17) is 26.7 Å². The summed E-state index contributed by atoms with van der Waals surface area (Å²) in [6, 6.07) is 8.58. The maximum atomic E-state index is 15.4. The van der Waals surface area contributed by atoms with Crippen molar-refractivity contribution >= 4 is 51.3 Å². The molecule has 60 heavy (non-hydrogen) atoms. The Kier molecular flexibility index (Phi) is 12.1.